The van der Waals surface area contributed by atoms with Gasteiger partial charge in [-0.3, -0.25) is 9.11 Å². The first-order valence-electron chi connectivity index (χ1n) is 11.4. The molecule has 1 atom stereocenters. The summed E-state index contributed by atoms with van der Waals surface area (Å²) in [4.78, 5) is -1.39. The number of nitrogens with zero attached hydrogens (tertiary/aromatic N) is 2. The van der Waals surface area contributed by atoms with E-state index in [4.69, 9.17) is 18.8 Å². The summed E-state index contributed by atoms with van der Waals surface area (Å²) in [5.74, 6) is 0.0556. The predicted octanol–water partition coefficient (Wildman–Crippen LogP) is 4.99. The van der Waals surface area contributed by atoms with E-state index in [1.165, 1.54) is 25.3 Å². The average Bonchev–Trinajstić information content (AvgIpc) is 2.88. The molecule has 216 valence electrons. The van der Waals surface area contributed by atoms with Crippen LogP contribution < -0.4 is 18.8 Å². The number of azo groups is 1. The monoisotopic (exact) mass is 621 g/mol. The zero-order valence-electron chi connectivity index (χ0n) is 21.6. The van der Waals surface area contributed by atoms with Gasteiger partial charge in [0.05, 0.1) is 39.3 Å². The van der Waals surface area contributed by atoms with Gasteiger partial charge in [0.1, 0.15) is 11.5 Å². The molecule has 0 radical (unpaired) electrons. The molecule has 41 heavy (non-hydrogen) atoms. The standard InChI is InChI=1S/C25H23N3O10S3/c1-14-4-6-17(7-5-14)37-39(29)38-24-12-19(41(33,34)35)10-16-9-18(40(30,31)32)11-22(25(16)24)28-27-21-13-23(36-3)20(26)8-15(21)2/h4-13H,26H2,1-3H3,(H,30,31,32)(H,33,34,35). The number of ether oxygens (including phenoxy) is 1. The van der Waals surface area contributed by atoms with Gasteiger partial charge in [-0.25, -0.2) is 0 Å². The van der Waals surface area contributed by atoms with E-state index in [1.54, 1.807) is 25.1 Å². The molecule has 4 N–H and O–H groups in total. The third-order valence-corrected chi connectivity index (χ3v) is 8.00. The Morgan fingerprint density at radius 3 is 1.95 bits per heavy atom. The summed E-state index contributed by atoms with van der Waals surface area (Å²) in [6, 6.07) is 13.2. The van der Waals surface area contributed by atoms with Crippen molar-refractivity contribution in [1.29, 1.82) is 0 Å². The molecule has 0 aliphatic carbocycles. The maximum absolute atomic E-state index is 12.8. The summed E-state index contributed by atoms with van der Waals surface area (Å²) in [6.45, 7) is 3.53. The van der Waals surface area contributed by atoms with Crippen LogP contribution in [0.15, 0.2) is 80.7 Å². The molecule has 0 aliphatic rings. The Morgan fingerprint density at radius 1 is 0.780 bits per heavy atom. The topological polar surface area (TPSA) is 204 Å². The Hall–Kier alpha value is -4.09. The van der Waals surface area contributed by atoms with Crippen LogP contribution in [0.2, 0.25) is 0 Å². The van der Waals surface area contributed by atoms with Crippen molar-refractivity contribution >= 4 is 59.4 Å². The quantitative estimate of drug-likeness (QED) is 0.129. The Labute approximate surface area is 237 Å². The van der Waals surface area contributed by atoms with Crippen LogP contribution in [-0.2, 0) is 31.6 Å². The van der Waals surface area contributed by atoms with Crippen molar-refractivity contribution in [2.75, 3.05) is 12.8 Å². The smallest absolute Gasteiger partial charge is 0.417 e. The van der Waals surface area contributed by atoms with E-state index >= 15 is 0 Å². The summed E-state index contributed by atoms with van der Waals surface area (Å²) in [6.07, 6.45) is 0. The van der Waals surface area contributed by atoms with Crippen molar-refractivity contribution in [2.45, 2.75) is 23.6 Å². The Morgan fingerprint density at radius 2 is 1.37 bits per heavy atom. The van der Waals surface area contributed by atoms with Crippen LogP contribution >= 0.6 is 0 Å². The Bertz CT molecular complexity index is 1920. The normalized spacial score (nSPS) is 12.9. The van der Waals surface area contributed by atoms with Crippen molar-refractivity contribution in [2.24, 2.45) is 10.2 Å². The van der Waals surface area contributed by atoms with Gasteiger partial charge < -0.3 is 18.8 Å². The molecule has 0 bridgehead atoms. The maximum atomic E-state index is 12.8. The van der Waals surface area contributed by atoms with E-state index < -0.39 is 47.1 Å². The lowest BCUT2D eigenvalue weighted by molar-refractivity contribution is 0.417. The van der Waals surface area contributed by atoms with Crippen molar-refractivity contribution in [3.63, 3.8) is 0 Å². The second kappa shape index (κ2) is 11.4. The number of anilines is 1. The van der Waals surface area contributed by atoms with E-state index in [0.717, 1.165) is 29.8 Å². The zero-order valence-corrected chi connectivity index (χ0v) is 24.1. The molecule has 0 spiro atoms. The minimum absolute atomic E-state index is 0.0607. The van der Waals surface area contributed by atoms with E-state index in [-0.39, 0.29) is 27.9 Å². The molecular weight excluding hydrogens is 598 g/mol. The molecule has 4 aromatic rings. The van der Waals surface area contributed by atoms with Crippen LogP contribution in [0.1, 0.15) is 11.1 Å². The number of methoxy groups -OCH3 is 1. The zero-order chi connectivity index (χ0) is 30.1. The van der Waals surface area contributed by atoms with Crippen LogP contribution in [0.5, 0.6) is 17.2 Å². The van der Waals surface area contributed by atoms with Crippen molar-refractivity contribution in [1.82, 2.24) is 0 Å². The highest BCUT2D eigenvalue weighted by atomic mass is 32.2. The van der Waals surface area contributed by atoms with Gasteiger partial charge >= 0.3 is 11.4 Å². The van der Waals surface area contributed by atoms with Crippen LogP contribution in [-0.4, -0.2) is 37.3 Å². The number of hydrogen-bond acceptors (Lipinski definition) is 11. The number of fused-ring (bicyclic) bond motifs is 1. The lowest BCUT2D eigenvalue weighted by Crippen LogP contribution is -2.09. The van der Waals surface area contributed by atoms with E-state index in [0.29, 0.717) is 17.0 Å². The van der Waals surface area contributed by atoms with Gasteiger partial charge in [0, 0.05) is 12.1 Å². The predicted molar refractivity (Wildman–Crippen MR) is 150 cm³/mol. The molecule has 13 nitrogen and oxygen atoms in total. The first-order valence-corrected chi connectivity index (χ1v) is 15.3. The Balaban J connectivity index is 1.93. The van der Waals surface area contributed by atoms with Crippen LogP contribution in [0.25, 0.3) is 10.8 Å². The number of aryl methyl sites for hydroxylation is 2. The minimum Gasteiger partial charge on any atom is -0.495 e. The number of hydrogen-bond donors (Lipinski definition) is 3. The summed E-state index contributed by atoms with van der Waals surface area (Å²) >= 11 is -2.55. The molecule has 1 unspecified atom stereocenters. The summed E-state index contributed by atoms with van der Waals surface area (Å²) in [7, 11) is -8.29. The van der Waals surface area contributed by atoms with Gasteiger partial charge in [0.15, 0.2) is 5.75 Å². The average molecular weight is 622 g/mol. The van der Waals surface area contributed by atoms with E-state index in [1.807, 2.05) is 6.92 Å². The highest BCUT2D eigenvalue weighted by Crippen LogP contribution is 2.40. The fourth-order valence-electron chi connectivity index (χ4n) is 3.70. The van der Waals surface area contributed by atoms with Crippen LogP contribution in [0.4, 0.5) is 17.1 Å². The van der Waals surface area contributed by atoms with Gasteiger partial charge in [-0.05, 0) is 61.2 Å². The van der Waals surface area contributed by atoms with Crippen LogP contribution in [0, 0.1) is 13.8 Å². The molecule has 0 fully saturated rings. The van der Waals surface area contributed by atoms with Crippen molar-refractivity contribution in [3.05, 3.63) is 71.8 Å². The molecule has 0 saturated heterocycles. The van der Waals surface area contributed by atoms with Gasteiger partial charge in [-0.15, -0.1) is 5.11 Å². The molecule has 16 heteroatoms. The number of nitrogens with two attached hydrogens (primary N) is 1. The van der Waals surface area contributed by atoms with Gasteiger partial charge in [0.2, 0.25) is 0 Å². The molecule has 4 rings (SSSR count). The lowest BCUT2D eigenvalue weighted by atomic mass is 10.1. The second-order valence-electron chi connectivity index (χ2n) is 8.68. The molecule has 0 amide bonds. The fourth-order valence-corrected chi connectivity index (χ4v) is 5.35. The third-order valence-electron chi connectivity index (χ3n) is 5.69. The third kappa shape index (κ3) is 6.98. The minimum atomic E-state index is -4.86. The molecule has 0 heterocycles. The van der Waals surface area contributed by atoms with E-state index in [2.05, 4.69) is 10.2 Å². The van der Waals surface area contributed by atoms with Gasteiger partial charge in [-0.1, -0.05) is 17.7 Å². The highest BCUT2D eigenvalue weighted by Gasteiger charge is 2.22. The largest absolute Gasteiger partial charge is 0.495 e. The summed E-state index contributed by atoms with van der Waals surface area (Å²) < 4.78 is 96.2. The molecule has 0 aliphatic heterocycles. The van der Waals surface area contributed by atoms with Crippen LogP contribution in [0.3, 0.4) is 0 Å². The Kier molecular flexibility index (Phi) is 8.32. The lowest BCUT2D eigenvalue weighted by Gasteiger charge is -2.13. The number of benzene rings is 4. The number of nitrogen functional groups attached to an aromatic ring is 1. The highest BCUT2D eigenvalue weighted by molar-refractivity contribution is 7.86. The number of rotatable bonds is 9. The molecule has 4 aromatic carbocycles. The van der Waals surface area contributed by atoms with E-state index in [9.17, 15) is 30.1 Å². The van der Waals surface area contributed by atoms with Crippen molar-refractivity contribution < 1.29 is 43.3 Å². The molecule has 0 aromatic heterocycles. The maximum Gasteiger partial charge on any atom is 0.417 e. The SMILES string of the molecule is COc1cc(N=Nc2cc(S(=O)(=O)O)cc3cc(S(=O)(=O)O)cc(OS(=O)Oc4ccc(C)cc4)c23)c(C)cc1N. The first-order chi connectivity index (χ1) is 19.2. The summed E-state index contributed by atoms with van der Waals surface area (Å²) in [5, 5.41) is 8.04. The second-order valence-corrected chi connectivity index (χ2v) is 12.3. The van der Waals surface area contributed by atoms with Crippen molar-refractivity contribution in [3.8, 4) is 17.2 Å². The molecule has 0 saturated carbocycles. The van der Waals surface area contributed by atoms with Gasteiger partial charge in [-0.2, -0.15) is 26.2 Å². The van der Waals surface area contributed by atoms with Gasteiger partial charge in [0.25, 0.3) is 20.2 Å². The summed E-state index contributed by atoms with van der Waals surface area (Å²) in [5.41, 5.74) is 7.80. The fraction of sp³-hybridized carbons (Fsp3) is 0.120. The first kappa shape index (κ1) is 29.9. The molecular formula is C25H23N3O10S3.